The molecule has 0 spiro atoms. The lowest BCUT2D eigenvalue weighted by atomic mass is 9.83. The summed E-state index contributed by atoms with van der Waals surface area (Å²) in [6, 6.07) is 14.2. The van der Waals surface area contributed by atoms with Gasteiger partial charge in [0.05, 0.1) is 19.2 Å². The average molecular weight is 395 g/mol. The van der Waals surface area contributed by atoms with Crippen molar-refractivity contribution in [2.24, 2.45) is 0 Å². The first-order valence-corrected chi connectivity index (χ1v) is 9.75. The number of ether oxygens (including phenoxy) is 1. The zero-order valence-electron chi connectivity index (χ0n) is 17.2. The Morgan fingerprint density at radius 1 is 1.21 bits per heavy atom. The van der Waals surface area contributed by atoms with Gasteiger partial charge in [-0.25, -0.2) is 9.18 Å². The topological polar surface area (TPSA) is 46.6 Å². The van der Waals surface area contributed by atoms with Crippen molar-refractivity contribution in [3.8, 4) is 0 Å². The zero-order valence-corrected chi connectivity index (χ0v) is 17.2. The predicted octanol–water partition coefficient (Wildman–Crippen LogP) is 4.91. The van der Waals surface area contributed by atoms with Crippen molar-refractivity contribution in [2.45, 2.75) is 45.6 Å². The quantitative estimate of drug-likeness (QED) is 0.676. The summed E-state index contributed by atoms with van der Waals surface area (Å²) in [5.41, 5.74) is 3.80. The highest BCUT2D eigenvalue weighted by Crippen LogP contribution is 2.38. The van der Waals surface area contributed by atoms with Crippen LogP contribution in [0.5, 0.6) is 0 Å². The molecule has 2 aromatic carbocycles. The number of methoxy groups -OCH3 is 1. The van der Waals surface area contributed by atoms with Crippen LogP contribution in [-0.2, 0) is 20.9 Å². The van der Waals surface area contributed by atoms with Gasteiger partial charge in [-0.15, -0.1) is 0 Å². The van der Waals surface area contributed by atoms with Gasteiger partial charge in [-0.05, 0) is 41.7 Å². The largest absolute Gasteiger partial charge is 0.466 e. The van der Waals surface area contributed by atoms with Crippen LogP contribution in [0.3, 0.4) is 0 Å². The number of carbonyl (C=O) groups excluding carboxylic acids is 2. The minimum Gasteiger partial charge on any atom is -0.466 e. The van der Waals surface area contributed by atoms with Gasteiger partial charge in [-0.2, -0.15) is 0 Å². The summed E-state index contributed by atoms with van der Waals surface area (Å²) in [6.45, 7) is 6.20. The van der Waals surface area contributed by atoms with Crippen LogP contribution in [0.1, 0.15) is 55.7 Å². The number of benzene rings is 2. The highest BCUT2D eigenvalue weighted by molar-refractivity contribution is 5.95. The van der Waals surface area contributed by atoms with E-state index in [4.69, 9.17) is 4.74 Å². The van der Waals surface area contributed by atoms with Crippen molar-refractivity contribution < 1.29 is 18.7 Å². The summed E-state index contributed by atoms with van der Waals surface area (Å²) in [5, 5.41) is 0. The summed E-state index contributed by atoms with van der Waals surface area (Å²) in [7, 11) is 1.34. The molecule has 0 saturated carbocycles. The summed E-state index contributed by atoms with van der Waals surface area (Å²) in [6.07, 6.45) is 0.165. The Balaban J connectivity index is 2.00. The number of halogens is 1. The molecule has 2 aromatic rings. The number of nitrogens with zero attached hydrogens (tertiary/aromatic N) is 1. The van der Waals surface area contributed by atoms with E-state index in [1.54, 1.807) is 24.0 Å². The van der Waals surface area contributed by atoms with E-state index in [9.17, 15) is 14.0 Å². The Bertz CT molecular complexity index is 947. The van der Waals surface area contributed by atoms with Gasteiger partial charge in [0, 0.05) is 18.0 Å². The van der Waals surface area contributed by atoms with Crippen LogP contribution in [0.4, 0.5) is 4.39 Å². The molecular weight excluding hydrogens is 369 g/mol. The standard InChI is InChI=1S/C24H26FNO3/c1-15(2)18-8-10-19(11-9-18)21-13-22(27)26(16(3)23(21)24(28)29-4)14-17-6-5-7-20(25)12-17/h5-12,15,21H,13-14H2,1-4H3/t21-/m1/s1. The second kappa shape index (κ2) is 8.60. The van der Waals surface area contributed by atoms with Crippen molar-refractivity contribution in [3.63, 3.8) is 0 Å². The monoisotopic (exact) mass is 395 g/mol. The molecule has 1 atom stereocenters. The lowest BCUT2D eigenvalue weighted by Gasteiger charge is -2.34. The smallest absolute Gasteiger partial charge is 0.336 e. The van der Waals surface area contributed by atoms with Crippen molar-refractivity contribution >= 4 is 11.9 Å². The van der Waals surface area contributed by atoms with Crippen molar-refractivity contribution in [1.82, 2.24) is 4.90 Å². The van der Waals surface area contributed by atoms with E-state index < -0.39 is 5.97 Å². The van der Waals surface area contributed by atoms with Crippen LogP contribution in [0.15, 0.2) is 59.8 Å². The summed E-state index contributed by atoms with van der Waals surface area (Å²) >= 11 is 0. The lowest BCUT2D eigenvalue weighted by molar-refractivity contribution is -0.138. The fourth-order valence-electron chi connectivity index (χ4n) is 3.79. The summed E-state index contributed by atoms with van der Waals surface area (Å²) in [5.74, 6) is -0.865. The maximum absolute atomic E-state index is 13.6. The fraction of sp³-hybridized carbons (Fsp3) is 0.333. The van der Waals surface area contributed by atoms with Crippen LogP contribution in [0, 0.1) is 5.82 Å². The third kappa shape index (κ3) is 4.39. The van der Waals surface area contributed by atoms with E-state index in [2.05, 4.69) is 13.8 Å². The van der Waals surface area contributed by atoms with Gasteiger partial charge in [0.1, 0.15) is 5.82 Å². The van der Waals surface area contributed by atoms with Gasteiger partial charge in [0.2, 0.25) is 5.91 Å². The third-order valence-electron chi connectivity index (χ3n) is 5.46. The molecule has 1 aliphatic heterocycles. The van der Waals surface area contributed by atoms with Crippen LogP contribution in [-0.4, -0.2) is 23.9 Å². The molecule has 0 aromatic heterocycles. The molecular formula is C24H26FNO3. The molecule has 152 valence electrons. The highest BCUT2D eigenvalue weighted by Gasteiger charge is 2.36. The Morgan fingerprint density at radius 2 is 1.90 bits per heavy atom. The predicted molar refractivity (Wildman–Crippen MR) is 110 cm³/mol. The van der Waals surface area contributed by atoms with Crippen LogP contribution in [0.25, 0.3) is 0 Å². The van der Waals surface area contributed by atoms with Gasteiger partial charge in [0.15, 0.2) is 0 Å². The number of rotatable bonds is 5. The molecule has 1 heterocycles. The molecule has 4 nitrogen and oxygen atoms in total. The third-order valence-corrected chi connectivity index (χ3v) is 5.46. The van der Waals surface area contributed by atoms with E-state index in [1.165, 1.54) is 24.8 Å². The van der Waals surface area contributed by atoms with Gasteiger partial charge in [-0.3, -0.25) is 4.79 Å². The Kier molecular flexibility index (Phi) is 6.16. The van der Waals surface area contributed by atoms with E-state index in [0.717, 1.165) is 5.56 Å². The van der Waals surface area contributed by atoms with Crippen LogP contribution >= 0.6 is 0 Å². The van der Waals surface area contributed by atoms with Gasteiger partial charge >= 0.3 is 5.97 Å². The first kappa shape index (κ1) is 20.8. The number of hydrogen-bond donors (Lipinski definition) is 0. The van der Waals surface area contributed by atoms with Crippen LogP contribution in [0.2, 0.25) is 0 Å². The molecule has 0 unspecified atom stereocenters. The molecule has 0 radical (unpaired) electrons. The second-order valence-corrected chi connectivity index (χ2v) is 7.68. The molecule has 1 aliphatic rings. The minimum atomic E-state index is -0.447. The highest BCUT2D eigenvalue weighted by atomic mass is 19.1. The van der Waals surface area contributed by atoms with E-state index in [1.807, 2.05) is 24.3 Å². The first-order chi connectivity index (χ1) is 13.8. The number of amides is 1. The molecule has 0 fully saturated rings. The minimum absolute atomic E-state index is 0.0997. The van der Waals surface area contributed by atoms with E-state index in [0.29, 0.717) is 22.8 Å². The molecule has 3 rings (SSSR count). The fourth-order valence-corrected chi connectivity index (χ4v) is 3.79. The SMILES string of the molecule is COC(=O)C1=C(C)N(Cc2cccc(F)c2)C(=O)C[C@@H]1c1ccc(C(C)C)cc1. The van der Waals surface area contributed by atoms with Gasteiger partial charge < -0.3 is 9.64 Å². The van der Waals surface area contributed by atoms with Gasteiger partial charge in [-0.1, -0.05) is 50.2 Å². The Hall–Kier alpha value is -2.95. The Morgan fingerprint density at radius 3 is 2.48 bits per heavy atom. The summed E-state index contributed by atoms with van der Waals surface area (Å²) < 4.78 is 18.6. The van der Waals surface area contributed by atoms with Crippen molar-refractivity contribution in [1.29, 1.82) is 0 Å². The number of carbonyl (C=O) groups is 2. The summed E-state index contributed by atoms with van der Waals surface area (Å²) in [4.78, 5) is 27.1. The molecule has 0 N–H and O–H groups in total. The number of hydrogen-bond acceptors (Lipinski definition) is 3. The normalized spacial score (nSPS) is 17.1. The maximum atomic E-state index is 13.6. The molecule has 1 amide bonds. The first-order valence-electron chi connectivity index (χ1n) is 9.75. The number of esters is 1. The zero-order chi connectivity index (χ0) is 21.1. The second-order valence-electron chi connectivity index (χ2n) is 7.68. The molecule has 0 aliphatic carbocycles. The van der Waals surface area contributed by atoms with Crippen molar-refractivity contribution in [2.75, 3.05) is 7.11 Å². The van der Waals surface area contributed by atoms with Crippen molar-refractivity contribution in [3.05, 3.63) is 82.3 Å². The molecule has 0 saturated heterocycles. The van der Waals surface area contributed by atoms with Crippen LogP contribution < -0.4 is 0 Å². The Labute approximate surface area is 171 Å². The lowest BCUT2D eigenvalue weighted by Crippen LogP contribution is -2.38. The maximum Gasteiger partial charge on any atom is 0.336 e. The van der Waals surface area contributed by atoms with Gasteiger partial charge in [0.25, 0.3) is 0 Å². The van der Waals surface area contributed by atoms with E-state index in [-0.39, 0.29) is 30.6 Å². The number of allylic oxidation sites excluding steroid dienone is 1. The molecule has 29 heavy (non-hydrogen) atoms. The average Bonchev–Trinajstić information content (AvgIpc) is 2.70. The van der Waals surface area contributed by atoms with E-state index >= 15 is 0 Å². The molecule has 0 bridgehead atoms. The molecule has 5 heteroatoms.